The summed E-state index contributed by atoms with van der Waals surface area (Å²) < 4.78 is 27.6. The summed E-state index contributed by atoms with van der Waals surface area (Å²) in [5.74, 6) is -0.475. The molecule has 0 aliphatic rings. The average Bonchev–Trinajstić information content (AvgIpc) is 2.95. The standard InChI is InChI=1S/C18H15F2NS2/c1-11-6-7-16(12(2)8-11)22-9-13-10-23-18(21-13)17-14(19)4-3-5-15(17)20/h3-8,10H,9H2,1-2H3. The fourth-order valence-electron chi connectivity index (χ4n) is 2.30. The molecule has 1 nitrogen and oxygen atoms in total. The maximum absolute atomic E-state index is 13.8. The summed E-state index contributed by atoms with van der Waals surface area (Å²) >= 11 is 2.95. The van der Waals surface area contributed by atoms with Gasteiger partial charge in [-0.15, -0.1) is 23.1 Å². The lowest BCUT2D eigenvalue weighted by atomic mass is 10.2. The number of nitrogens with zero attached hydrogens (tertiary/aromatic N) is 1. The Bertz CT molecular complexity index is 823. The van der Waals surface area contributed by atoms with E-state index in [-0.39, 0.29) is 5.56 Å². The summed E-state index contributed by atoms with van der Waals surface area (Å²) in [4.78, 5) is 5.58. The Labute approximate surface area is 142 Å². The van der Waals surface area contributed by atoms with Gasteiger partial charge in [-0.25, -0.2) is 13.8 Å². The number of thiazole rings is 1. The van der Waals surface area contributed by atoms with Crippen LogP contribution >= 0.6 is 23.1 Å². The summed E-state index contributed by atoms with van der Waals surface area (Å²) in [7, 11) is 0. The molecule has 0 aliphatic carbocycles. The maximum atomic E-state index is 13.8. The molecular formula is C18H15F2NS2. The predicted octanol–water partition coefficient (Wildman–Crippen LogP) is 6.00. The topological polar surface area (TPSA) is 12.9 Å². The average molecular weight is 347 g/mol. The minimum Gasteiger partial charge on any atom is -0.240 e. The number of aryl methyl sites for hydroxylation is 2. The van der Waals surface area contributed by atoms with Gasteiger partial charge in [0.25, 0.3) is 0 Å². The van der Waals surface area contributed by atoms with Crippen molar-refractivity contribution in [2.45, 2.75) is 24.5 Å². The number of hydrogen-bond donors (Lipinski definition) is 0. The van der Waals surface area contributed by atoms with E-state index in [1.807, 2.05) is 5.38 Å². The molecule has 0 spiro atoms. The lowest BCUT2D eigenvalue weighted by Gasteiger charge is -2.05. The van der Waals surface area contributed by atoms with Crippen LogP contribution in [0.15, 0.2) is 46.7 Å². The summed E-state index contributed by atoms with van der Waals surface area (Å²) in [6.07, 6.45) is 0. The van der Waals surface area contributed by atoms with Crippen molar-refractivity contribution in [2.75, 3.05) is 0 Å². The molecule has 0 bridgehead atoms. The monoisotopic (exact) mass is 347 g/mol. The lowest BCUT2D eigenvalue weighted by Crippen LogP contribution is -1.90. The molecule has 3 aromatic rings. The van der Waals surface area contributed by atoms with E-state index in [0.29, 0.717) is 10.8 Å². The molecule has 1 aromatic heterocycles. The van der Waals surface area contributed by atoms with Gasteiger partial charge in [0.15, 0.2) is 0 Å². The van der Waals surface area contributed by atoms with Crippen LogP contribution in [0.1, 0.15) is 16.8 Å². The summed E-state index contributed by atoms with van der Waals surface area (Å²) in [6, 6.07) is 10.2. The predicted molar refractivity (Wildman–Crippen MR) is 92.9 cm³/mol. The van der Waals surface area contributed by atoms with E-state index in [1.54, 1.807) is 11.8 Å². The third-order valence-electron chi connectivity index (χ3n) is 3.43. The molecular weight excluding hydrogens is 332 g/mol. The Kier molecular flexibility index (Phi) is 4.78. The second kappa shape index (κ2) is 6.81. The highest BCUT2D eigenvalue weighted by Crippen LogP contribution is 2.32. The van der Waals surface area contributed by atoms with Gasteiger partial charge in [-0.3, -0.25) is 0 Å². The molecule has 2 aromatic carbocycles. The number of benzene rings is 2. The molecule has 118 valence electrons. The molecule has 0 unspecified atom stereocenters. The van der Waals surface area contributed by atoms with E-state index in [2.05, 4.69) is 37.0 Å². The van der Waals surface area contributed by atoms with Crippen LogP contribution in [0.4, 0.5) is 8.78 Å². The number of halogens is 2. The number of hydrogen-bond acceptors (Lipinski definition) is 3. The van der Waals surface area contributed by atoms with Crippen molar-refractivity contribution in [3.63, 3.8) is 0 Å². The molecule has 0 fully saturated rings. The van der Waals surface area contributed by atoms with Crippen molar-refractivity contribution in [1.82, 2.24) is 4.98 Å². The first-order valence-corrected chi connectivity index (χ1v) is 9.00. The van der Waals surface area contributed by atoms with E-state index < -0.39 is 11.6 Å². The van der Waals surface area contributed by atoms with E-state index >= 15 is 0 Å². The Morgan fingerprint density at radius 3 is 2.52 bits per heavy atom. The molecule has 0 radical (unpaired) electrons. The molecule has 0 amide bonds. The Hall–Kier alpha value is -1.72. The molecule has 0 aliphatic heterocycles. The van der Waals surface area contributed by atoms with Crippen LogP contribution in [0, 0.1) is 25.5 Å². The lowest BCUT2D eigenvalue weighted by molar-refractivity contribution is 0.589. The molecule has 1 heterocycles. The second-order valence-electron chi connectivity index (χ2n) is 5.30. The van der Waals surface area contributed by atoms with Crippen molar-refractivity contribution >= 4 is 23.1 Å². The molecule has 0 saturated heterocycles. The van der Waals surface area contributed by atoms with Crippen LogP contribution in [0.3, 0.4) is 0 Å². The number of aromatic nitrogens is 1. The van der Waals surface area contributed by atoms with E-state index in [9.17, 15) is 8.78 Å². The zero-order valence-electron chi connectivity index (χ0n) is 12.8. The molecule has 5 heteroatoms. The van der Waals surface area contributed by atoms with Gasteiger partial charge < -0.3 is 0 Å². The van der Waals surface area contributed by atoms with Crippen LogP contribution in [-0.4, -0.2) is 4.98 Å². The summed E-state index contributed by atoms with van der Waals surface area (Å²) in [6.45, 7) is 4.15. The van der Waals surface area contributed by atoms with Gasteiger partial charge >= 0.3 is 0 Å². The van der Waals surface area contributed by atoms with Crippen molar-refractivity contribution in [2.24, 2.45) is 0 Å². The highest BCUT2D eigenvalue weighted by Gasteiger charge is 2.14. The largest absolute Gasteiger partial charge is 0.240 e. The first-order chi connectivity index (χ1) is 11.0. The van der Waals surface area contributed by atoms with Crippen LogP contribution in [0.5, 0.6) is 0 Å². The van der Waals surface area contributed by atoms with Crippen LogP contribution in [0.2, 0.25) is 0 Å². The minimum atomic E-state index is -0.576. The number of rotatable bonds is 4. The van der Waals surface area contributed by atoms with Crippen LogP contribution < -0.4 is 0 Å². The highest BCUT2D eigenvalue weighted by atomic mass is 32.2. The van der Waals surface area contributed by atoms with Gasteiger partial charge in [0.1, 0.15) is 16.6 Å². The van der Waals surface area contributed by atoms with Crippen LogP contribution in [-0.2, 0) is 5.75 Å². The zero-order valence-corrected chi connectivity index (χ0v) is 14.4. The van der Waals surface area contributed by atoms with Crippen molar-refractivity contribution in [1.29, 1.82) is 0 Å². The van der Waals surface area contributed by atoms with Crippen molar-refractivity contribution < 1.29 is 8.78 Å². The smallest absolute Gasteiger partial charge is 0.136 e. The molecule has 0 N–H and O–H groups in total. The quantitative estimate of drug-likeness (QED) is 0.537. The van der Waals surface area contributed by atoms with Gasteiger partial charge in [0.05, 0.1) is 11.3 Å². The normalized spacial score (nSPS) is 11.0. The van der Waals surface area contributed by atoms with E-state index in [0.717, 1.165) is 5.69 Å². The molecule has 0 saturated carbocycles. The first-order valence-electron chi connectivity index (χ1n) is 7.13. The second-order valence-corrected chi connectivity index (χ2v) is 7.17. The highest BCUT2D eigenvalue weighted by molar-refractivity contribution is 7.98. The molecule has 3 rings (SSSR count). The Balaban J connectivity index is 1.77. The van der Waals surface area contributed by atoms with Gasteiger partial charge in [0.2, 0.25) is 0 Å². The Morgan fingerprint density at radius 1 is 1.09 bits per heavy atom. The Morgan fingerprint density at radius 2 is 1.83 bits per heavy atom. The fraction of sp³-hybridized carbons (Fsp3) is 0.167. The van der Waals surface area contributed by atoms with Gasteiger partial charge in [-0.1, -0.05) is 23.8 Å². The third kappa shape index (κ3) is 3.62. The van der Waals surface area contributed by atoms with Gasteiger partial charge in [0, 0.05) is 16.0 Å². The summed E-state index contributed by atoms with van der Waals surface area (Å²) in [5, 5.41) is 2.24. The number of thioether (sulfide) groups is 1. The van der Waals surface area contributed by atoms with Gasteiger partial charge in [-0.05, 0) is 37.6 Å². The van der Waals surface area contributed by atoms with Crippen LogP contribution in [0.25, 0.3) is 10.6 Å². The molecule has 0 atom stereocenters. The third-order valence-corrected chi connectivity index (χ3v) is 5.55. The summed E-state index contributed by atoms with van der Waals surface area (Å²) in [5.41, 5.74) is 3.25. The van der Waals surface area contributed by atoms with Crippen molar-refractivity contribution in [3.8, 4) is 10.6 Å². The van der Waals surface area contributed by atoms with Crippen molar-refractivity contribution in [3.05, 3.63) is 70.2 Å². The van der Waals surface area contributed by atoms with Gasteiger partial charge in [-0.2, -0.15) is 0 Å². The van der Waals surface area contributed by atoms with E-state index in [1.165, 1.54) is 45.6 Å². The first kappa shape index (κ1) is 16.1. The van der Waals surface area contributed by atoms with E-state index in [4.69, 9.17) is 0 Å². The maximum Gasteiger partial charge on any atom is 0.136 e. The molecule has 23 heavy (non-hydrogen) atoms. The fourth-order valence-corrected chi connectivity index (χ4v) is 4.18. The minimum absolute atomic E-state index is 0.0414. The SMILES string of the molecule is Cc1ccc(SCc2csc(-c3c(F)cccc3F)n2)c(C)c1. The zero-order chi connectivity index (χ0) is 16.4.